The number of benzene rings is 1. The van der Waals surface area contributed by atoms with Crippen LogP contribution in [0.25, 0.3) is 0 Å². The monoisotopic (exact) mass is 475 g/mol. The van der Waals surface area contributed by atoms with Gasteiger partial charge in [0, 0.05) is 0 Å². The SMILES string of the molecule is COc1ccc(C2NC(CS[CH]=[Os])CS2)cc1OC. The Bertz CT molecular complexity index is 445. The first kappa shape index (κ1) is 15.4. The van der Waals surface area contributed by atoms with Crippen molar-refractivity contribution in [3.8, 4) is 11.5 Å². The molecular weight excluding hydrogens is 457 g/mol. The standard InChI is InChI=1S/C13H17NO2S2.Os/c1-15-11-5-4-9(6-12(11)16-2)13-14-10(7-17-3)8-18-13;/h3-6,10,13-14H,7-8H2,1-2H3;. The fourth-order valence-electron chi connectivity index (χ4n) is 1.98. The fourth-order valence-corrected chi connectivity index (χ4v) is 4.64. The van der Waals surface area contributed by atoms with Gasteiger partial charge in [-0.1, -0.05) is 0 Å². The fraction of sp³-hybridized carbons (Fsp3) is 0.462. The van der Waals surface area contributed by atoms with Gasteiger partial charge in [0.25, 0.3) is 0 Å². The number of hydrogen-bond donors (Lipinski definition) is 1. The Morgan fingerprint density at radius 1 is 1.42 bits per heavy atom. The van der Waals surface area contributed by atoms with E-state index >= 15 is 0 Å². The average molecular weight is 474 g/mol. The summed E-state index contributed by atoms with van der Waals surface area (Å²) >= 11 is 5.74. The molecule has 0 amide bonds. The van der Waals surface area contributed by atoms with E-state index in [0.29, 0.717) is 11.4 Å². The van der Waals surface area contributed by atoms with E-state index in [1.54, 1.807) is 14.2 Å². The average Bonchev–Trinajstić information content (AvgIpc) is 2.93. The molecule has 1 aromatic carbocycles. The van der Waals surface area contributed by atoms with E-state index in [1.165, 1.54) is 5.56 Å². The molecule has 19 heavy (non-hydrogen) atoms. The maximum absolute atomic E-state index is 5.36. The molecule has 2 atom stereocenters. The topological polar surface area (TPSA) is 30.5 Å². The van der Waals surface area contributed by atoms with Crippen molar-refractivity contribution in [2.24, 2.45) is 0 Å². The van der Waals surface area contributed by atoms with Crippen molar-refractivity contribution in [2.45, 2.75) is 11.4 Å². The molecule has 1 aliphatic heterocycles. The van der Waals surface area contributed by atoms with E-state index in [2.05, 4.69) is 21.4 Å². The molecule has 2 rings (SSSR count). The van der Waals surface area contributed by atoms with Crippen LogP contribution < -0.4 is 14.8 Å². The summed E-state index contributed by atoms with van der Waals surface area (Å²) in [6.45, 7) is 0. The molecule has 0 spiro atoms. The van der Waals surface area contributed by atoms with Gasteiger partial charge in [-0.3, -0.25) is 0 Å². The summed E-state index contributed by atoms with van der Waals surface area (Å²) in [5, 5.41) is 4.01. The molecular formula is C13H17NO2OsS2. The first-order valence-electron chi connectivity index (χ1n) is 5.90. The van der Waals surface area contributed by atoms with Crippen LogP contribution in [0.3, 0.4) is 0 Å². The molecule has 1 N–H and O–H groups in total. The van der Waals surface area contributed by atoms with E-state index < -0.39 is 0 Å². The van der Waals surface area contributed by atoms with Gasteiger partial charge in [-0.25, -0.2) is 0 Å². The van der Waals surface area contributed by atoms with Crippen molar-refractivity contribution in [2.75, 3.05) is 25.7 Å². The van der Waals surface area contributed by atoms with E-state index in [-0.39, 0.29) is 0 Å². The molecule has 106 valence electrons. The molecule has 0 radical (unpaired) electrons. The van der Waals surface area contributed by atoms with Crippen LogP contribution in [0.1, 0.15) is 10.9 Å². The van der Waals surface area contributed by atoms with E-state index in [0.717, 1.165) is 23.0 Å². The third kappa shape index (κ3) is 3.98. The molecule has 1 aliphatic rings. The van der Waals surface area contributed by atoms with E-state index in [1.807, 2.05) is 47.7 Å². The summed E-state index contributed by atoms with van der Waals surface area (Å²) in [7, 11) is 3.34. The van der Waals surface area contributed by atoms with Crippen molar-refractivity contribution in [1.29, 1.82) is 0 Å². The summed E-state index contributed by atoms with van der Waals surface area (Å²) < 4.78 is 12.8. The van der Waals surface area contributed by atoms with Gasteiger partial charge in [0.1, 0.15) is 0 Å². The zero-order chi connectivity index (χ0) is 13.7. The molecule has 1 fully saturated rings. The van der Waals surface area contributed by atoms with Crippen molar-refractivity contribution in [3.63, 3.8) is 0 Å². The third-order valence-electron chi connectivity index (χ3n) is 2.92. The Labute approximate surface area is 132 Å². The summed E-state index contributed by atoms with van der Waals surface area (Å²) in [6.07, 6.45) is 0. The van der Waals surface area contributed by atoms with Crippen LogP contribution in [0.15, 0.2) is 18.2 Å². The Kier molecular flexibility index (Phi) is 6.22. The number of ether oxygens (including phenoxy) is 2. The number of rotatable bonds is 6. The molecule has 0 bridgehead atoms. The molecule has 1 aromatic rings. The van der Waals surface area contributed by atoms with Gasteiger partial charge >= 0.3 is 133 Å². The number of methoxy groups -OCH3 is 2. The predicted molar refractivity (Wildman–Crippen MR) is 80.2 cm³/mol. The molecule has 6 heteroatoms. The Hall–Kier alpha value is -0.0136. The van der Waals surface area contributed by atoms with E-state index in [4.69, 9.17) is 9.47 Å². The normalized spacial score (nSPS) is 22.3. The van der Waals surface area contributed by atoms with Crippen molar-refractivity contribution < 1.29 is 27.6 Å². The van der Waals surface area contributed by atoms with E-state index in [9.17, 15) is 0 Å². The van der Waals surface area contributed by atoms with Crippen molar-refractivity contribution in [1.82, 2.24) is 5.32 Å². The minimum absolute atomic E-state index is 0.352. The van der Waals surface area contributed by atoms with Crippen molar-refractivity contribution in [3.05, 3.63) is 23.8 Å². The second-order valence-corrected chi connectivity index (χ2v) is 7.88. The molecule has 0 aliphatic carbocycles. The van der Waals surface area contributed by atoms with Crippen LogP contribution in [-0.2, 0) is 18.1 Å². The zero-order valence-corrected chi connectivity index (χ0v) is 15.0. The van der Waals surface area contributed by atoms with Gasteiger partial charge in [-0.05, 0) is 0 Å². The molecule has 1 heterocycles. The molecule has 1 saturated heterocycles. The van der Waals surface area contributed by atoms with Gasteiger partial charge < -0.3 is 0 Å². The van der Waals surface area contributed by atoms with Gasteiger partial charge in [0.15, 0.2) is 0 Å². The van der Waals surface area contributed by atoms with Gasteiger partial charge in [0.2, 0.25) is 0 Å². The Morgan fingerprint density at radius 3 is 2.89 bits per heavy atom. The maximum atomic E-state index is 5.36. The van der Waals surface area contributed by atoms with Crippen LogP contribution in [0.4, 0.5) is 0 Å². The van der Waals surface area contributed by atoms with Gasteiger partial charge in [0.05, 0.1) is 0 Å². The zero-order valence-electron chi connectivity index (χ0n) is 10.9. The molecule has 3 nitrogen and oxygen atoms in total. The summed E-state index contributed by atoms with van der Waals surface area (Å²) in [5.41, 5.74) is 1.25. The van der Waals surface area contributed by atoms with Crippen LogP contribution in [0.5, 0.6) is 11.5 Å². The minimum atomic E-state index is 0.352. The third-order valence-corrected chi connectivity index (χ3v) is 6.24. The van der Waals surface area contributed by atoms with Crippen LogP contribution in [-0.4, -0.2) is 35.7 Å². The number of thioether (sulfide) groups is 2. The summed E-state index contributed by atoms with van der Waals surface area (Å²) in [6, 6.07) is 6.72. The Morgan fingerprint density at radius 2 is 2.21 bits per heavy atom. The molecule has 0 saturated carbocycles. The second kappa shape index (κ2) is 7.69. The molecule has 2 unspecified atom stereocenters. The predicted octanol–water partition coefficient (Wildman–Crippen LogP) is 2.45. The molecule has 0 aromatic heterocycles. The second-order valence-electron chi connectivity index (χ2n) is 4.11. The number of hydrogen-bond acceptors (Lipinski definition) is 5. The first-order chi connectivity index (χ1) is 9.28. The van der Waals surface area contributed by atoms with Gasteiger partial charge in [-0.15, -0.1) is 0 Å². The van der Waals surface area contributed by atoms with Gasteiger partial charge in [-0.2, -0.15) is 0 Å². The first-order valence-corrected chi connectivity index (χ1v) is 9.46. The quantitative estimate of drug-likeness (QED) is 0.686. The van der Waals surface area contributed by atoms with Crippen molar-refractivity contribution >= 4 is 27.4 Å². The number of nitrogens with one attached hydrogen (secondary N) is 1. The Balaban J connectivity index is 2.04. The van der Waals surface area contributed by atoms with Crippen LogP contribution >= 0.6 is 23.5 Å². The summed E-state index contributed by atoms with van der Waals surface area (Å²) in [4.78, 5) is 0. The van der Waals surface area contributed by atoms with Crippen LogP contribution in [0, 0.1) is 0 Å². The summed E-state index contributed by atoms with van der Waals surface area (Å²) in [5.74, 6) is 3.87. The van der Waals surface area contributed by atoms with Crippen LogP contribution in [0.2, 0.25) is 0 Å².